The van der Waals surface area contributed by atoms with E-state index in [0.29, 0.717) is 5.82 Å². The molecule has 8 nitrogen and oxygen atoms in total. The molecule has 0 radical (unpaired) electrons. The smallest absolute Gasteiger partial charge is 0.273 e. The van der Waals surface area contributed by atoms with Gasteiger partial charge in [-0.15, -0.1) is 10.2 Å². The zero-order valence-corrected chi connectivity index (χ0v) is 11.9. The molecule has 0 fully saturated rings. The van der Waals surface area contributed by atoms with Crippen LogP contribution in [0.5, 0.6) is 0 Å². The molecule has 0 spiro atoms. The van der Waals surface area contributed by atoms with E-state index in [1.807, 2.05) is 0 Å². The molecular formula is C10H17N5O3S. The highest BCUT2D eigenvalue weighted by Gasteiger charge is 2.10. The lowest BCUT2D eigenvalue weighted by atomic mass is 10.3. The van der Waals surface area contributed by atoms with Gasteiger partial charge in [0.1, 0.15) is 5.82 Å². The molecule has 106 valence electrons. The Hall–Kier alpha value is -1.74. The zero-order valence-electron chi connectivity index (χ0n) is 11.0. The Balaban J connectivity index is 2.56. The van der Waals surface area contributed by atoms with Crippen LogP contribution in [0.3, 0.4) is 0 Å². The summed E-state index contributed by atoms with van der Waals surface area (Å²) in [4.78, 5) is 13.0. The number of hydrogen-bond donors (Lipinski definition) is 2. The Bertz CT molecular complexity index is 527. The van der Waals surface area contributed by atoms with Crippen LogP contribution in [0.4, 0.5) is 5.82 Å². The molecule has 0 aliphatic carbocycles. The third kappa shape index (κ3) is 4.79. The van der Waals surface area contributed by atoms with E-state index in [1.54, 1.807) is 20.2 Å². The van der Waals surface area contributed by atoms with Crippen molar-refractivity contribution in [2.24, 2.45) is 0 Å². The average Bonchev–Trinajstić information content (AvgIpc) is 2.38. The Morgan fingerprint density at radius 3 is 2.47 bits per heavy atom. The highest BCUT2D eigenvalue weighted by atomic mass is 32.2. The third-order valence-corrected chi connectivity index (χ3v) is 3.64. The second-order valence-electron chi connectivity index (χ2n) is 3.95. The lowest BCUT2D eigenvalue weighted by Gasteiger charge is -2.09. The molecule has 1 heterocycles. The first-order chi connectivity index (χ1) is 8.85. The number of rotatable bonds is 6. The highest BCUT2D eigenvalue weighted by molar-refractivity contribution is 7.89. The van der Waals surface area contributed by atoms with Crippen molar-refractivity contribution in [1.29, 1.82) is 0 Å². The van der Waals surface area contributed by atoms with Gasteiger partial charge in [0.15, 0.2) is 5.69 Å². The van der Waals surface area contributed by atoms with Crippen LogP contribution in [0, 0.1) is 0 Å². The summed E-state index contributed by atoms with van der Waals surface area (Å²) in [5.74, 6) is 0.113. The molecule has 2 N–H and O–H groups in total. The SMILES string of the molecule is CNS(=O)(=O)CCNc1ccc(C(=O)N(C)C)nn1. The number of sulfonamides is 1. The second kappa shape index (κ2) is 6.43. The van der Waals surface area contributed by atoms with E-state index in [4.69, 9.17) is 0 Å². The van der Waals surface area contributed by atoms with Crippen molar-refractivity contribution in [3.63, 3.8) is 0 Å². The van der Waals surface area contributed by atoms with Crippen LogP contribution >= 0.6 is 0 Å². The van der Waals surface area contributed by atoms with Crippen molar-refractivity contribution in [2.75, 3.05) is 38.8 Å². The van der Waals surface area contributed by atoms with Crippen LogP contribution in [0.2, 0.25) is 0 Å². The van der Waals surface area contributed by atoms with E-state index in [9.17, 15) is 13.2 Å². The molecule has 0 aromatic carbocycles. The van der Waals surface area contributed by atoms with Gasteiger partial charge in [-0.25, -0.2) is 13.1 Å². The van der Waals surface area contributed by atoms with Gasteiger partial charge in [0.05, 0.1) is 5.75 Å². The minimum Gasteiger partial charge on any atom is -0.368 e. The van der Waals surface area contributed by atoms with Crippen molar-refractivity contribution in [1.82, 2.24) is 19.8 Å². The normalized spacial score (nSPS) is 11.1. The molecule has 0 aliphatic heterocycles. The summed E-state index contributed by atoms with van der Waals surface area (Å²) < 4.78 is 24.6. The molecule has 1 rings (SSSR count). The van der Waals surface area contributed by atoms with Crippen molar-refractivity contribution in [3.05, 3.63) is 17.8 Å². The fourth-order valence-electron chi connectivity index (χ4n) is 1.19. The maximum Gasteiger partial charge on any atom is 0.273 e. The summed E-state index contributed by atoms with van der Waals surface area (Å²) in [7, 11) is 1.36. The lowest BCUT2D eigenvalue weighted by Crippen LogP contribution is -2.26. The van der Waals surface area contributed by atoms with Gasteiger partial charge in [0, 0.05) is 20.6 Å². The number of amides is 1. The zero-order chi connectivity index (χ0) is 14.5. The van der Waals surface area contributed by atoms with E-state index in [-0.39, 0.29) is 23.9 Å². The van der Waals surface area contributed by atoms with Crippen LogP contribution in [0.15, 0.2) is 12.1 Å². The molecule has 1 aromatic heterocycles. The van der Waals surface area contributed by atoms with Crippen molar-refractivity contribution >= 4 is 21.7 Å². The second-order valence-corrected chi connectivity index (χ2v) is 6.00. The maximum absolute atomic E-state index is 11.6. The number of carbonyl (C=O) groups excluding carboxylic acids is 1. The van der Waals surface area contributed by atoms with E-state index >= 15 is 0 Å². The summed E-state index contributed by atoms with van der Waals surface area (Å²) >= 11 is 0. The summed E-state index contributed by atoms with van der Waals surface area (Å²) in [6, 6.07) is 3.11. The monoisotopic (exact) mass is 287 g/mol. The van der Waals surface area contributed by atoms with Crippen molar-refractivity contribution in [3.8, 4) is 0 Å². The number of carbonyl (C=O) groups is 1. The summed E-state index contributed by atoms with van der Waals surface area (Å²) in [6.45, 7) is 0.207. The first kappa shape index (κ1) is 15.3. The van der Waals surface area contributed by atoms with Gasteiger partial charge >= 0.3 is 0 Å². The lowest BCUT2D eigenvalue weighted by molar-refractivity contribution is 0.0821. The molecule has 0 aliphatic rings. The first-order valence-corrected chi connectivity index (χ1v) is 7.21. The van der Waals surface area contributed by atoms with Gasteiger partial charge in [-0.3, -0.25) is 4.79 Å². The fourth-order valence-corrected chi connectivity index (χ4v) is 1.76. The topological polar surface area (TPSA) is 104 Å². The predicted molar refractivity (Wildman–Crippen MR) is 71.4 cm³/mol. The number of nitrogens with one attached hydrogen (secondary N) is 2. The van der Waals surface area contributed by atoms with Crippen LogP contribution in [-0.4, -0.2) is 62.9 Å². The fraction of sp³-hybridized carbons (Fsp3) is 0.500. The van der Waals surface area contributed by atoms with Crippen molar-refractivity contribution in [2.45, 2.75) is 0 Å². The summed E-state index contributed by atoms with van der Waals surface area (Å²) in [5.41, 5.74) is 0.235. The van der Waals surface area contributed by atoms with Crippen LogP contribution in [0.25, 0.3) is 0 Å². The van der Waals surface area contributed by atoms with Crippen molar-refractivity contribution < 1.29 is 13.2 Å². The van der Waals surface area contributed by atoms with Gasteiger partial charge in [-0.1, -0.05) is 0 Å². The van der Waals surface area contributed by atoms with Crippen LogP contribution in [0.1, 0.15) is 10.5 Å². The van der Waals surface area contributed by atoms with Gasteiger partial charge in [-0.2, -0.15) is 0 Å². The van der Waals surface area contributed by atoms with Gasteiger partial charge in [0.2, 0.25) is 10.0 Å². The van der Waals surface area contributed by atoms with Gasteiger partial charge in [-0.05, 0) is 19.2 Å². The Kier molecular flexibility index (Phi) is 5.19. The molecule has 0 saturated carbocycles. The average molecular weight is 287 g/mol. The van der Waals surface area contributed by atoms with Crippen LogP contribution < -0.4 is 10.0 Å². The largest absolute Gasteiger partial charge is 0.368 e. The Morgan fingerprint density at radius 1 is 1.32 bits per heavy atom. The predicted octanol–water partition coefficient (Wildman–Crippen LogP) is -0.860. The molecule has 0 atom stereocenters. The summed E-state index contributed by atoms with van der Waals surface area (Å²) in [5, 5.41) is 10.4. The first-order valence-electron chi connectivity index (χ1n) is 5.56. The molecule has 1 aromatic rings. The molecule has 1 amide bonds. The third-order valence-electron chi connectivity index (χ3n) is 2.28. The van der Waals surface area contributed by atoms with E-state index in [0.717, 1.165) is 0 Å². The van der Waals surface area contributed by atoms with Gasteiger partial charge < -0.3 is 10.2 Å². The quantitative estimate of drug-likeness (QED) is 0.705. The molecule has 9 heteroatoms. The van der Waals surface area contributed by atoms with E-state index in [1.165, 1.54) is 18.0 Å². The van der Waals surface area contributed by atoms with E-state index < -0.39 is 10.0 Å². The molecule has 0 unspecified atom stereocenters. The summed E-state index contributed by atoms with van der Waals surface area (Å²) in [6.07, 6.45) is 0. The van der Waals surface area contributed by atoms with Gasteiger partial charge in [0.25, 0.3) is 5.91 Å². The Labute approximate surface area is 112 Å². The molecular weight excluding hydrogens is 270 g/mol. The molecule has 19 heavy (non-hydrogen) atoms. The number of anilines is 1. The molecule has 0 saturated heterocycles. The molecule has 0 bridgehead atoms. The minimum absolute atomic E-state index is 0.0659. The maximum atomic E-state index is 11.6. The van der Waals surface area contributed by atoms with Crippen LogP contribution in [-0.2, 0) is 10.0 Å². The standard InChI is InChI=1S/C10H17N5O3S/c1-11-19(17,18)7-6-12-9-5-4-8(13-14-9)10(16)15(2)3/h4-5,11H,6-7H2,1-3H3,(H,12,14). The number of aromatic nitrogens is 2. The van der Waals surface area contributed by atoms with E-state index in [2.05, 4.69) is 20.2 Å². The number of hydrogen-bond acceptors (Lipinski definition) is 6. The Morgan fingerprint density at radius 2 is 2.00 bits per heavy atom. The number of nitrogens with zero attached hydrogens (tertiary/aromatic N) is 3. The highest BCUT2D eigenvalue weighted by Crippen LogP contribution is 2.03. The minimum atomic E-state index is -3.24.